The Bertz CT molecular complexity index is 797. The standard InChI is InChI=1S/C16H15N5O/c1-10-11(2)18-15(19-16(22)14-9-17-21-20-14)8-13(10)12-6-4-3-5-7-12/h3-9H,1-2H3,(H,17,20,21)(H,18,19,22). The predicted octanol–water partition coefficient (Wildman–Crippen LogP) is 2.74. The summed E-state index contributed by atoms with van der Waals surface area (Å²) in [5, 5.41) is 12.5. The molecule has 0 bridgehead atoms. The summed E-state index contributed by atoms with van der Waals surface area (Å²) >= 11 is 0. The third-order valence-electron chi connectivity index (χ3n) is 3.49. The fraction of sp³-hybridized carbons (Fsp3) is 0.125. The summed E-state index contributed by atoms with van der Waals surface area (Å²) in [5.74, 6) is 0.151. The summed E-state index contributed by atoms with van der Waals surface area (Å²) in [7, 11) is 0. The molecule has 0 unspecified atom stereocenters. The number of pyridine rings is 1. The number of aryl methyl sites for hydroxylation is 1. The Balaban J connectivity index is 1.96. The molecule has 22 heavy (non-hydrogen) atoms. The summed E-state index contributed by atoms with van der Waals surface area (Å²) in [5.41, 5.74) is 4.31. The fourth-order valence-corrected chi connectivity index (χ4v) is 2.21. The van der Waals surface area contributed by atoms with E-state index in [0.29, 0.717) is 5.82 Å². The first-order valence-corrected chi connectivity index (χ1v) is 6.86. The van der Waals surface area contributed by atoms with Crippen LogP contribution in [0.3, 0.4) is 0 Å². The van der Waals surface area contributed by atoms with Gasteiger partial charge in [0.1, 0.15) is 5.82 Å². The molecular formula is C16H15N5O. The highest BCUT2D eigenvalue weighted by Crippen LogP contribution is 2.27. The van der Waals surface area contributed by atoms with Crippen molar-refractivity contribution in [3.8, 4) is 11.1 Å². The normalized spacial score (nSPS) is 10.5. The van der Waals surface area contributed by atoms with E-state index in [1.807, 2.05) is 50.2 Å². The SMILES string of the molecule is Cc1nc(NC(=O)c2cn[nH]n2)cc(-c2ccccc2)c1C. The second kappa shape index (κ2) is 5.77. The summed E-state index contributed by atoms with van der Waals surface area (Å²) in [6.45, 7) is 3.95. The summed E-state index contributed by atoms with van der Waals surface area (Å²) < 4.78 is 0. The highest BCUT2D eigenvalue weighted by Gasteiger charge is 2.13. The largest absolute Gasteiger partial charge is 0.305 e. The second-order valence-electron chi connectivity index (χ2n) is 4.94. The molecule has 0 radical (unpaired) electrons. The zero-order valence-corrected chi connectivity index (χ0v) is 12.3. The Morgan fingerprint density at radius 3 is 2.64 bits per heavy atom. The minimum absolute atomic E-state index is 0.223. The van der Waals surface area contributed by atoms with Crippen LogP contribution in [-0.4, -0.2) is 26.3 Å². The van der Waals surface area contributed by atoms with Crippen LogP contribution in [0.15, 0.2) is 42.6 Å². The van der Waals surface area contributed by atoms with E-state index in [2.05, 4.69) is 25.7 Å². The van der Waals surface area contributed by atoms with E-state index in [1.165, 1.54) is 6.20 Å². The number of amides is 1. The number of benzene rings is 1. The number of hydrogen-bond acceptors (Lipinski definition) is 4. The van der Waals surface area contributed by atoms with Crippen LogP contribution in [0.1, 0.15) is 21.7 Å². The van der Waals surface area contributed by atoms with Crippen LogP contribution < -0.4 is 5.32 Å². The van der Waals surface area contributed by atoms with Gasteiger partial charge >= 0.3 is 0 Å². The number of aromatic amines is 1. The van der Waals surface area contributed by atoms with Crippen molar-refractivity contribution in [2.24, 2.45) is 0 Å². The van der Waals surface area contributed by atoms with Crippen molar-refractivity contribution in [2.75, 3.05) is 5.32 Å². The molecule has 0 atom stereocenters. The summed E-state index contributed by atoms with van der Waals surface area (Å²) in [6, 6.07) is 11.9. The first kappa shape index (κ1) is 13.9. The fourth-order valence-electron chi connectivity index (χ4n) is 2.21. The van der Waals surface area contributed by atoms with Crippen molar-refractivity contribution in [3.63, 3.8) is 0 Å². The molecular weight excluding hydrogens is 278 g/mol. The number of rotatable bonds is 3. The molecule has 6 heteroatoms. The molecule has 0 saturated carbocycles. The van der Waals surface area contributed by atoms with Crippen molar-refractivity contribution in [2.45, 2.75) is 13.8 Å². The molecule has 1 amide bonds. The van der Waals surface area contributed by atoms with Gasteiger partial charge in [0.15, 0.2) is 5.69 Å². The first-order valence-electron chi connectivity index (χ1n) is 6.86. The maximum absolute atomic E-state index is 12.0. The number of nitrogens with zero attached hydrogens (tertiary/aromatic N) is 3. The predicted molar refractivity (Wildman–Crippen MR) is 83.5 cm³/mol. The molecule has 6 nitrogen and oxygen atoms in total. The molecule has 2 aromatic heterocycles. The van der Waals surface area contributed by atoms with E-state index in [1.54, 1.807) is 0 Å². The lowest BCUT2D eigenvalue weighted by Gasteiger charge is -2.12. The van der Waals surface area contributed by atoms with Crippen molar-refractivity contribution < 1.29 is 4.79 Å². The van der Waals surface area contributed by atoms with Gasteiger partial charge in [-0.25, -0.2) is 4.98 Å². The van der Waals surface area contributed by atoms with Gasteiger partial charge < -0.3 is 5.32 Å². The van der Waals surface area contributed by atoms with Gasteiger partial charge in [-0.15, -0.1) is 0 Å². The highest BCUT2D eigenvalue weighted by atomic mass is 16.2. The lowest BCUT2D eigenvalue weighted by Crippen LogP contribution is -2.14. The summed E-state index contributed by atoms with van der Waals surface area (Å²) in [4.78, 5) is 16.5. The van der Waals surface area contributed by atoms with Crippen LogP contribution in [0.2, 0.25) is 0 Å². The molecule has 2 N–H and O–H groups in total. The van der Waals surface area contributed by atoms with Gasteiger partial charge in [0.25, 0.3) is 5.91 Å². The molecule has 0 aliphatic rings. The number of carbonyl (C=O) groups is 1. The minimum atomic E-state index is -0.344. The Labute approximate surface area is 127 Å². The van der Waals surface area contributed by atoms with Crippen molar-refractivity contribution >= 4 is 11.7 Å². The Hall–Kier alpha value is -3.02. The van der Waals surface area contributed by atoms with E-state index in [0.717, 1.165) is 22.4 Å². The molecule has 1 aromatic carbocycles. The molecule has 0 spiro atoms. The van der Waals surface area contributed by atoms with E-state index >= 15 is 0 Å². The quantitative estimate of drug-likeness (QED) is 0.777. The van der Waals surface area contributed by atoms with Crippen LogP contribution in [0.4, 0.5) is 5.82 Å². The van der Waals surface area contributed by atoms with E-state index in [4.69, 9.17) is 0 Å². The number of aromatic nitrogens is 4. The zero-order valence-electron chi connectivity index (χ0n) is 12.3. The highest BCUT2D eigenvalue weighted by molar-refractivity contribution is 6.02. The van der Waals surface area contributed by atoms with Gasteiger partial charge in [-0.3, -0.25) is 4.79 Å². The molecule has 3 aromatic rings. The van der Waals surface area contributed by atoms with E-state index in [-0.39, 0.29) is 11.6 Å². The van der Waals surface area contributed by atoms with Crippen molar-refractivity contribution in [3.05, 3.63) is 59.5 Å². The van der Waals surface area contributed by atoms with Crippen LogP contribution in [0, 0.1) is 13.8 Å². The number of hydrogen-bond donors (Lipinski definition) is 2. The van der Waals surface area contributed by atoms with Crippen LogP contribution in [0.25, 0.3) is 11.1 Å². The number of nitrogens with one attached hydrogen (secondary N) is 2. The van der Waals surface area contributed by atoms with E-state index < -0.39 is 0 Å². The van der Waals surface area contributed by atoms with Crippen LogP contribution in [-0.2, 0) is 0 Å². The van der Waals surface area contributed by atoms with Crippen molar-refractivity contribution in [1.82, 2.24) is 20.4 Å². The molecule has 0 aliphatic heterocycles. The zero-order chi connectivity index (χ0) is 15.5. The average molecular weight is 293 g/mol. The molecule has 0 saturated heterocycles. The maximum Gasteiger partial charge on any atom is 0.278 e. The van der Waals surface area contributed by atoms with Crippen molar-refractivity contribution in [1.29, 1.82) is 0 Å². The Morgan fingerprint density at radius 1 is 1.18 bits per heavy atom. The van der Waals surface area contributed by atoms with Crippen LogP contribution in [0.5, 0.6) is 0 Å². The van der Waals surface area contributed by atoms with Gasteiger partial charge in [0.2, 0.25) is 0 Å². The molecule has 2 heterocycles. The average Bonchev–Trinajstić information content (AvgIpc) is 3.06. The number of H-pyrrole nitrogens is 1. The maximum atomic E-state index is 12.0. The van der Waals surface area contributed by atoms with Crippen LogP contribution >= 0.6 is 0 Å². The Kier molecular flexibility index (Phi) is 3.65. The minimum Gasteiger partial charge on any atom is -0.305 e. The van der Waals surface area contributed by atoms with E-state index in [9.17, 15) is 4.79 Å². The monoisotopic (exact) mass is 293 g/mol. The molecule has 110 valence electrons. The summed E-state index contributed by atoms with van der Waals surface area (Å²) in [6.07, 6.45) is 1.37. The Morgan fingerprint density at radius 2 is 1.95 bits per heavy atom. The number of anilines is 1. The molecule has 0 fully saturated rings. The van der Waals surface area contributed by atoms with Gasteiger partial charge in [-0.05, 0) is 36.6 Å². The van der Waals surface area contributed by atoms with Gasteiger partial charge in [-0.1, -0.05) is 30.3 Å². The van der Waals surface area contributed by atoms with Gasteiger partial charge in [0.05, 0.1) is 6.20 Å². The topological polar surface area (TPSA) is 83.6 Å². The second-order valence-corrected chi connectivity index (χ2v) is 4.94. The van der Waals surface area contributed by atoms with Gasteiger partial charge in [-0.2, -0.15) is 15.4 Å². The molecule has 0 aliphatic carbocycles. The lowest BCUT2D eigenvalue weighted by atomic mass is 10.0. The smallest absolute Gasteiger partial charge is 0.278 e. The third kappa shape index (κ3) is 2.71. The first-order chi connectivity index (χ1) is 10.6. The molecule has 3 rings (SSSR count). The number of carbonyl (C=O) groups excluding carboxylic acids is 1. The third-order valence-corrected chi connectivity index (χ3v) is 3.49. The lowest BCUT2D eigenvalue weighted by molar-refractivity contribution is 0.102. The van der Waals surface area contributed by atoms with Gasteiger partial charge in [0, 0.05) is 5.69 Å².